The summed E-state index contributed by atoms with van der Waals surface area (Å²) in [6.07, 6.45) is 0.714. The number of aliphatic carboxylic acids is 1. The fourth-order valence-electron chi connectivity index (χ4n) is 1.60. The number of morpholine rings is 1. The van der Waals surface area contributed by atoms with Gasteiger partial charge in [0.25, 0.3) is 0 Å². The summed E-state index contributed by atoms with van der Waals surface area (Å²) in [5.41, 5.74) is 0. The van der Waals surface area contributed by atoms with E-state index in [0.29, 0.717) is 32.7 Å². The lowest BCUT2D eigenvalue weighted by atomic mass is 10.1. The van der Waals surface area contributed by atoms with Gasteiger partial charge in [0.15, 0.2) is 0 Å². The average Bonchev–Trinajstić information content (AvgIpc) is 2.34. The minimum Gasteiger partial charge on any atom is -0.481 e. The van der Waals surface area contributed by atoms with Crippen LogP contribution in [0, 0.1) is 5.92 Å². The molecule has 1 heterocycles. The molecule has 2 unspecified atom stereocenters. The minimum atomic E-state index is -0.800. The normalized spacial score (nSPS) is 21.8. The monoisotopic (exact) mass is 244 g/mol. The Morgan fingerprint density at radius 2 is 2.35 bits per heavy atom. The van der Waals surface area contributed by atoms with Crippen molar-refractivity contribution >= 4 is 11.9 Å². The molecule has 17 heavy (non-hydrogen) atoms. The molecule has 0 aromatic rings. The molecule has 3 N–H and O–H groups in total. The zero-order chi connectivity index (χ0) is 12.7. The van der Waals surface area contributed by atoms with Gasteiger partial charge in [-0.1, -0.05) is 6.92 Å². The second kappa shape index (κ2) is 7.24. The quantitative estimate of drug-likeness (QED) is 0.591. The summed E-state index contributed by atoms with van der Waals surface area (Å²) < 4.78 is 5.19. The summed E-state index contributed by atoms with van der Waals surface area (Å²) in [6.45, 7) is 4.15. The van der Waals surface area contributed by atoms with Crippen LogP contribution in [0.1, 0.15) is 19.8 Å². The molecule has 1 saturated heterocycles. The van der Waals surface area contributed by atoms with Crippen LogP contribution in [0.15, 0.2) is 0 Å². The van der Waals surface area contributed by atoms with Crippen molar-refractivity contribution < 1.29 is 19.4 Å². The van der Waals surface area contributed by atoms with Crippen molar-refractivity contribution in [2.45, 2.75) is 25.8 Å². The number of ether oxygens (including phenoxy) is 1. The summed E-state index contributed by atoms with van der Waals surface area (Å²) in [7, 11) is 0. The number of carbonyl (C=O) groups excluding carboxylic acids is 1. The Bertz CT molecular complexity index is 264. The van der Waals surface area contributed by atoms with Crippen LogP contribution in [0.25, 0.3) is 0 Å². The second-order valence-corrected chi connectivity index (χ2v) is 4.36. The van der Waals surface area contributed by atoms with E-state index in [4.69, 9.17) is 9.84 Å². The molecule has 1 fully saturated rings. The maximum absolute atomic E-state index is 11.7. The van der Waals surface area contributed by atoms with Crippen LogP contribution in [0.3, 0.4) is 0 Å². The molecule has 0 aliphatic carbocycles. The molecule has 98 valence electrons. The number of amides is 1. The lowest BCUT2D eigenvalue weighted by molar-refractivity contribution is -0.137. The molecule has 2 atom stereocenters. The van der Waals surface area contributed by atoms with Crippen molar-refractivity contribution in [1.29, 1.82) is 0 Å². The number of carboxylic acid groups (broad SMARTS) is 1. The number of nitrogens with one attached hydrogen (secondary N) is 2. The third-order valence-electron chi connectivity index (χ3n) is 2.71. The van der Waals surface area contributed by atoms with Gasteiger partial charge in [0, 0.05) is 19.5 Å². The standard InChI is InChI=1S/C11H20N2O4/c1-8(2-3-10(14)15)6-13-11(16)9-7-17-5-4-12-9/h8-9,12H,2-7H2,1H3,(H,13,16)(H,14,15). The predicted molar refractivity (Wildman–Crippen MR) is 61.7 cm³/mol. The largest absolute Gasteiger partial charge is 0.481 e. The van der Waals surface area contributed by atoms with Gasteiger partial charge in [-0.25, -0.2) is 0 Å². The molecule has 0 bridgehead atoms. The number of carboxylic acids is 1. The van der Waals surface area contributed by atoms with Crippen LogP contribution in [0.4, 0.5) is 0 Å². The summed E-state index contributed by atoms with van der Waals surface area (Å²) in [6, 6.07) is -0.282. The van der Waals surface area contributed by atoms with Gasteiger partial charge in [0.05, 0.1) is 13.2 Å². The van der Waals surface area contributed by atoms with Crippen molar-refractivity contribution in [3.8, 4) is 0 Å². The van der Waals surface area contributed by atoms with E-state index in [1.807, 2.05) is 6.92 Å². The number of rotatable bonds is 6. The van der Waals surface area contributed by atoms with Crippen molar-refractivity contribution in [3.05, 3.63) is 0 Å². The van der Waals surface area contributed by atoms with Gasteiger partial charge in [-0.15, -0.1) is 0 Å². The Hall–Kier alpha value is -1.14. The van der Waals surface area contributed by atoms with Crippen LogP contribution >= 0.6 is 0 Å². The summed E-state index contributed by atoms with van der Waals surface area (Å²) in [4.78, 5) is 22.0. The van der Waals surface area contributed by atoms with Crippen LogP contribution < -0.4 is 10.6 Å². The maximum Gasteiger partial charge on any atom is 0.303 e. The molecule has 0 aromatic heterocycles. The first-order valence-corrected chi connectivity index (χ1v) is 5.90. The van der Waals surface area contributed by atoms with E-state index in [0.717, 1.165) is 0 Å². The maximum atomic E-state index is 11.7. The zero-order valence-electron chi connectivity index (χ0n) is 10.1. The third-order valence-corrected chi connectivity index (χ3v) is 2.71. The van der Waals surface area contributed by atoms with Gasteiger partial charge in [0.2, 0.25) is 5.91 Å². The summed E-state index contributed by atoms with van der Waals surface area (Å²) in [5, 5.41) is 14.4. The lowest BCUT2D eigenvalue weighted by Crippen LogP contribution is -2.51. The molecule has 1 rings (SSSR count). The summed E-state index contributed by atoms with van der Waals surface area (Å²) >= 11 is 0. The van der Waals surface area contributed by atoms with Crippen molar-refractivity contribution in [2.24, 2.45) is 5.92 Å². The Kier molecular flexibility index (Phi) is 5.93. The first-order valence-electron chi connectivity index (χ1n) is 5.90. The fraction of sp³-hybridized carbons (Fsp3) is 0.818. The second-order valence-electron chi connectivity index (χ2n) is 4.36. The van der Waals surface area contributed by atoms with Crippen LogP contribution in [0.5, 0.6) is 0 Å². The van der Waals surface area contributed by atoms with Gasteiger partial charge in [0.1, 0.15) is 6.04 Å². The molecule has 1 aliphatic heterocycles. The molecular weight excluding hydrogens is 224 g/mol. The first kappa shape index (κ1) is 13.9. The molecule has 1 aliphatic rings. The molecule has 6 nitrogen and oxygen atoms in total. The van der Waals surface area contributed by atoms with Gasteiger partial charge >= 0.3 is 5.97 Å². The van der Waals surface area contributed by atoms with E-state index in [-0.39, 0.29) is 24.3 Å². The highest BCUT2D eigenvalue weighted by Crippen LogP contribution is 2.04. The van der Waals surface area contributed by atoms with Gasteiger partial charge in [-0.3, -0.25) is 9.59 Å². The van der Waals surface area contributed by atoms with Crippen LogP contribution in [-0.4, -0.2) is 49.3 Å². The first-order chi connectivity index (χ1) is 8.09. The van der Waals surface area contributed by atoms with E-state index in [2.05, 4.69) is 10.6 Å². The van der Waals surface area contributed by atoms with Crippen molar-refractivity contribution in [3.63, 3.8) is 0 Å². The topological polar surface area (TPSA) is 87.7 Å². The Morgan fingerprint density at radius 3 is 2.94 bits per heavy atom. The Morgan fingerprint density at radius 1 is 1.59 bits per heavy atom. The molecule has 0 aromatic carbocycles. The average molecular weight is 244 g/mol. The van der Waals surface area contributed by atoms with Crippen molar-refractivity contribution in [1.82, 2.24) is 10.6 Å². The number of hydrogen-bond acceptors (Lipinski definition) is 4. The highest BCUT2D eigenvalue weighted by molar-refractivity contribution is 5.81. The fourth-order valence-corrected chi connectivity index (χ4v) is 1.60. The molecule has 1 amide bonds. The lowest BCUT2D eigenvalue weighted by Gasteiger charge is -2.23. The number of hydrogen-bond donors (Lipinski definition) is 3. The molecule has 0 spiro atoms. The molecule has 0 saturated carbocycles. The van der Waals surface area contributed by atoms with Gasteiger partial charge in [-0.05, 0) is 12.3 Å². The predicted octanol–water partition coefficient (Wildman–Crippen LogP) is -0.408. The van der Waals surface area contributed by atoms with Crippen LogP contribution in [-0.2, 0) is 14.3 Å². The molecule has 6 heteroatoms. The SMILES string of the molecule is CC(CCC(=O)O)CNC(=O)C1COCCN1. The Labute approximate surface area is 101 Å². The third kappa shape index (κ3) is 5.65. The van der Waals surface area contributed by atoms with E-state index < -0.39 is 5.97 Å². The molecule has 0 radical (unpaired) electrons. The van der Waals surface area contributed by atoms with Gasteiger partial charge in [-0.2, -0.15) is 0 Å². The van der Waals surface area contributed by atoms with E-state index in [9.17, 15) is 9.59 Å². The van der Waals surface area contributed by atoms with Crippen molar-refractivity contribution in [2.75, 3.05) is 26.3 Å². The van der Waals surface area contributed by atoms with Gasteiger partial charge < -0.3 is 20.5 Å². The molecular formula is C11H20N2O4. The highest BCUT2D eigenvalue weighted by Gasteiger charge is 2.21. The minimum absolute atomic E-state index is 0.0770. The van der Waals surface area contributed by atoms with E-state index in [1.165, 1.54) is 0 Å². The van der Waals surface area contributed by atoms with Crippen LogP contribution in [0.2, 0.25) is 0 Å². The number of carbonyl (C=O) groups is 2. The smallest absolute Gasteiger partial charge is 0.303 e. The summed E-state index contributed by atoms with van der Waals surface area (Å²) in [5.74, 6) is -0.711. The zero-order valence-corrected chi connectivity index (χ0v) is 10.1. The van der Waals surface area contributed by atoms with E-state index >= 15 is 0 Å². The highest BCUT2D eigenvalue weighted by atomic mass is 16.5. The Balaban J connectivity index is 2.15. The van der Waals surface area contributed by atoms with E-state index in [1.54, 1.807) is 0 Å².